The van der Waals surface area contributed by atoms with Crippen LogP contribution in [0.4, 0.5) is 5.69 Å². The zero-order chi connectivity index (χ0) is 19.1. The van der Waals surface area contributed by atoms with E-state index in [-0.39, 0.29) is 0 Å². The van der Waals surface area contributed by atoms with Gasteiger partial charge in [0, 0.05) is 17.3 Å². The maximum Gasteiger partial charge on any atom is 0.193 e. The van der Waals surface area contributed by atoms with E-state index in [1.165, 1.54) is 12.8 Å². The summed E-state index contributed by atoms with van der Waals surface area (Å²) >= 11 is 0. The van der Waals surface area contributed by atoms with E-state index in [1.54, 1.807) is 14.2 Å². The van der Waals surface area contributed by atoms with E-state index < -0.39 is 0 Å². The molecule has 144 valence electrons. The van der Waals surface area contributed by atoms with E-state index in [4.69, 9.17) is 19.9 Å². The van der Waals surface area contributed by atoms with E-state index in [0.29, 0.717) is 30.1 Å². The van der Waals surface area contributed by atoms with Crippen molar-refractivity contribution in [3.63, 3.8) is 0 Å². The van der Waals surface area contributed by atoms with Gasteiger partial charge in [-0.25, -0.2) is 4.99 Å². The van der Waals surface area contributed by atoms with Gasteiger partial charge >= 0.3 is 0 Å². The fraction of sp³-hybridized carbons (Fsp3) is 0.381. The number of para-hydroxylation sites is 1. The largest absolute Gasteiger partial charge is 0.493 e. The number of methoxy groups -OCH3 is 2. The third kappa shape index (κ3) is 5.06. The summed E-state index contributed by atoms with van der Waals surface area (Å²) in [6.45, 7) is 0.453. The third-order valence-electron chi connectivity index (χ3n) is 4.64. The number of guanidine groups is 1. The van der Waals surface area contributed by atoms with Crippen LogP contribution in [0.25, 0.3) is 0 Å². The number of aliphatic imine (C=N–C) groups is 1. The molecule has 0 amide bonds. The summed E-state index contributed by atoms with van der Waals surface area (Å²) in [5.41, 5.74) is 7.87. The number of nitrogens with two attached hydrogens (primary N) is 1. The second-order valence-electron chi connectivity index (χ2n) is 6.53. The highest BCUT2D eigenvalue weighted by molar-refractivity contribution is 5.92. The Morgan fingerprint density at radius 2 is 1.78 bits per heavy atom. The Hall–Kier alpha value is -2.89. The van der Waals surface area contributed by atoms with Crippen molar-refractivity contribution < 1.29 is 14.2 Å². The van der Waals surface area contributed by atoms with Gasteiger partial charge in [-0.15, -0.1) is 0 Å². The van der Waals surface area contributed by atoms with Gasteiger partial charge in [0.15, 0.2) is 17.5 Å². The van der Waals surface area contributed by atoms with E-state index in [1.807, 2.05) is 42.5 Å². The van der Waals surface area contributed by atoms with Crippen molar-refractivity contribution in [1.29, 1.82) is 0 Å². The first-order valence-electron chi connectivity index (χ1n) is 9.23. The van der Waals surface area contributed by atoms with Crippen LogP contribution >= 0.6 is 0 Å². The summed E-state index contributed by atoms with van der Waals surface area (Å²) in [5, 5.41) is 3.08. The monoisotopic (exact) mass is 369 g/mol. The molecule has 0 heterocycles. The lowest BCUT2D eigenvalue weighted by molar-refractivity contribution is 0.208. The molecule has 0 atom stereocenters. The summed E-state index contributed by atoms with van der Waals surface area (Å²) in [6, 6.07) is 13.5. The first-order valence-corrected chi connectivity index (χ1v) is 9.23. The van der Waals surface area contributed by atoms with Crippen LogP contribution in [-0.2, 0) is 6.54 Å². The van der Waals surface area contributed by atoms with Crippen molar-refractivity contribution in [3.8, 4) is 17.2 Å². The van der Waals surface area contributed by atoms with Crippen LogP contribution in [0.2, 0.25) is 0 Å². The van der Waals surface area contributed by atoms with E-state index >= 15 is 0 Å². The van der Waals surface area contributed by atoms with Gasteiger partial charge in [0.05, 0.1) is 26.9 Å². The number of hydrogen-bond donors (Lipinski definition) is 2. The molecule has 1 aliphatic carbocycles. The topological polar surface area (TPSA) is 78.1 Å². The van der Waals surface area contributed by atoms with Gasteiger partial charge in [-0.2, -0.15) is 0 Å². The number of ether oxygens (including phenoxy) is 3. The Morgan fingerprint density at radius 3 is 2.52 bits per heavy atom. The van der Waals surface area contributed by atoms with E-state index in [2.05, 4.69) is 10.3 Å². The number of anilines is 1. The second kappa shape index (κ2) is 9.16. The average molecular weight is 369 g/mol. The molecule has 3 N–H and O–H groups in total. The zero-order valence-corrected chi connectivity index (χ0v) is 15.9. The SMILES string of the molecule is COc1ccc(NC(N)=NCc2ccccc2OC2CCCC2)cc1OC. The van der Waals surface area contributed by atoms with Crippen LogP contribution in [0, 0.1) is 0 Å². The Kier molecular flexibility index (Phi) is 6.41. The zero-order valence-electron chi connectivity index (χ0n) is 15.9. The highest BCUT2D eigenvalue weighted by Crippen LogP contribution is 2.30. The highest BCUT2D eigenvalue weighted by atomic mass is 16.5. The molecule has 0 bridgehead atoms. The minimum atomic E-state index is 0.317. The number of benzene rings is 2. The fourth-order valence-electron chi connectivity index (χ4n) is 3.21. The van der Waals surface area contributed by atoms with Crippen LogP contribution in [0.5, 0.6) is 17.2 Å². The molecule has 0 spiro atoms. The van der Waals surface area contributed by atoms with Crippen LogP contribution in [-0.4, -0.2) is 26.3 Å². The lowest BCUT2D eigenvalue weighted by Crippen LogP contribution is -2.22. The summed E-state index contributed by atoms with van der Waals surface area (Å²) in [6.07, 6.45) is 5.05. The minimum absolute atomic E-state index is 0.317. The smallest absolute Gasteiger partial charge is 0.193 e. The number of nitrogens with one attached hydrogen (secondary N) is 1. The molecule has 27 heavy (non-hydrogen) atoms. The molecule has 6 heteroatoms. The van der Waals surface area contributed by atoms with Crippen molar-refractivity contribution in [1.82, 2.24) is 0 Å². The maximum absolute atomic E-state index is 6.15. The predicted octanol–water partition coefficient (Wildman–Crippen LogP) is 3.95. The van der Waals surface area contributed by atoms with Crippen molar-refractivity contribution in [2.24, 2.45) is 10.7 Å². The van der Waals surface area contributed by atoms with Gasteiger partial charge < -0.3 is 25.3 Å². The molecule has 2 aromatic rings. The fourth-order valence-corrected chi connectivity index (χ4v) is 3.21. The van der Waals surface area contributed by atoms with Gasteiger partial charge in [-0.3, -0.25) is 0 Å². The molecule has 2 aromatic carbocycles. The Bertz CT molecular complexity index is 786. The Labute approximate surface area is 160 Å². The molecule has 0 saturated heterocycles. The number of hydrogen-bond acceptors (Lipinski definition) is 4. The summed E-state index contributed by atoms with van der Waals surface area (Å²) in [4.78, 5) is 4.45. The second-order valence-corrected chi connectivity index (χ2v) is 6.53. The summed E-state index contributed by atoms with van der Waals surface area (Å²) in [7, 11) is 3.20. The lowest BCUT2D eigenvalue weighted by Gasteiger charge is -2.16. The molecule has 0 aromatic heterocycles. The van der Waals surface area contributed by atoms with E-state index in [9.17, 15) is 0 Å². The number of nitrogens with zero attached hydrogens (tertiary/aromatic N) is 1. The molecule has 0 radical (unpaired) electrons. The molecule has 6 nitrogen and oxygen atoms in total. The van der Waals surface area contributed by atoms with Crippen molar-refractivity contribution in [2.75, 3.05) is 19.5 Å². The maximum atomic E-state index is 6.15. The first kappa shape index (κ1) is 18.9. The first-order chi connectivity index (χ1) is 13.2. The van der Waals surface area contributed by atoms with Gasteiger partial charge in [0.1, 0.15) is 5.75 Å². The van der Waals surface area contributed by atoms with Crippen molar-refractivity contribution in [2.45, 2.75) is 38.3 Å². The normalized spacial score (nSPS) is 14.8. The van der Waals surface area contributed by atoms with Crippen molar-refractivity contribution in [3.05, 3.63) is 48.0 Å². The van der Waals surface area contributed by atoms with Gasteiger partial charge in [-0.05, 0) is 43.9 Å². The molecule has 1 fully saturated rings. The minimum Gasteiger partial charge on any atom is -0.493 e. The third-order valence-corrected chi connectivity index (χ3v) is 4.64. The molecule has 3 rings (SSSR count). The number of rotatable bonds is 7. The lowest BCUT2D eigenvalue weighted by atomic mass is 10.2. The van der Waals surface area contributed by atoms with Gasteiger partial charge in [-0.1, -0.05) is 18.2 Å². The summed E-state index contributed by atoms with van der Waals surface area (Å²) < 4.78 is 16.7. The van der Waals surface area contributed by atoms with Crippen LogP contribution in [0.15, 0.2) is 47.5 Å². The molecule has 1 aliphatic rings. The van der Waals surface area contributed by atoms with Crippen molar-refractivity contribution >= 4 is 11.6 Å². The van der Waals surface area contributed by atoms with Crippen LogP contribution < -0.4 is 25.3 Å². The Balaban J connectivity index is 1.65. The predicted molar refractivity (Wildman–Crippen MR) is 108 cm³/mol. The standard InChI is InChI=1S/C21H27N3O3/c1-25-19-12-11-16(13-20(19)26-2)24-21(22)23-14-15-7-3-6-10-18(15)27-17-8-4-5-9-17/h3,6-7,10-13,17H,4-5,8-9,14H2,1-2H3,(H3,22,23,24). The van der Waals surface area contributed by atoms with E-state index in [0.717, 1.165) is 29.8 Å². The highest BCUT2D eigenvalue weighted by Gasteiger charge is 2.17. The Morgan fingerprint density at radius 1 is 1.04 bits per heavy atom. The molecular weight excluding hydrogens is 342 g/mol. The van der Waals surface area contributed by atoms with Gasteiger partial charge in [0.2, 0.25) is 0 Å². The average Bonchev–Trinajstić information content (AvgIpc) is 3.20. The molecule has 1 saturated carbocycles. The molecule has 0 aliphatic heterocycles. The quantitative estimate of drug-likeness (QED) is 0.571. The molecular formula is C21H27N3O3. The van der Waals surface area contributed by atoms with Gasteiger partial charge in [0.25, 0.3) is 0 Å². The molecule has 0 unspecified atom stereocenters. The summed E-state index contributed by atoms with van der Waals surface area (Å²) in [5.74, 6) is 2.52. The van der Waals surface area contributed by atoms with Crippen LogP contribution in [0.3, 0.4) is 0 Å². The van der Waals surface area contributed by atoms with Crippen LogP contribution in [0.1, 0.15) is 31.2 Å².